The number of nitrogens with zero attached hydrogens (tertiary/aromatic N) is 1. The maximum atomic E-state index is 12.3. The van der Waals surface area contributed by atoms with Crippen molar-refractivity contribution in [3.63, 3.8) is 0 Å². The van der Waals surface area contributed by atoms with E-state index in [1.165, 1.54) is 0 Å². The number of halogens is 1. The van der Waals surface area contributed by atoms with Crippen molar-refractivity contribution in [2.45, 2.75) is 13.1 Å². The fourth-order valence-electron chi connectivity index (χ4n) is 2.35. The summed E-state index contributed by atoms with van der Waals surface area (Å²) in [5, 5.41) is 3.47. The molecule has 0 spiro atoms. The molecule has 0 bridgehead atoms. The lowest BCUT2D eigenvalue weighted by Crippen LogP contribution is -2.36. The molecule has 0 aliphatic carbocycles. The van der Waals surface area contributed by atoms with Crippen LogP contribution in [0.2, 0.25) is 5.02 Å². The number of hydrogen-bond donors (Lipinski definition) is 1. The molecular weight excluding hydrogens is 328 g/mol. The number of rotatable bonds is 6. The second-order valence-corrected chi connectivity index (χ2v) is 5.72. The van der Waals surface area contributed by atoms with Crippen LogP contribution < -0.4 is 14.8 Å². The minimum absolute atomic E-state index is 0.192. The van der Waals surface area contributed by atoms with Crippen LogP contribution in [0.4, 0.5) is 4.79 Å². The number of nitrogens with one attached hydrogen (secondary N) is 1. The van der Waals surface area contributed by atoms with E-state index in [-0.39, 0.29) is 6.03 Å². The van der Waals surface area contributed by atoms with Crippen molar-refractivity contribution in [3.8, 4) is 11.5 Å². The number of hydrogen-bond acceptors (Lipinski definition) is 3. The summed E-state index contributed by atoms with van der Waals surface area (Å²) in [6.07, 6.45) is 0. The van der Waals surface area contributed by atoms with Gasteiger partial charge in [-0.05, 0) is 24.3 Å². The third-order valence-electron chi connectivity index (χ3n) is 3.62. The molecular formula is C18H21ClN2O3. The highest BCUT2D eigenvalue weighted by Gasteiger charge is 2.12. The second-order valence-electron chi connectivity index (χ2n) is 5.28. The van der Waals surface area contributed by atoms with Gasteiger partial charge in [0.1, 0.15) is 11.5 Å². The lowest BCUT2D eigenvalue weighted by atomic mass is 10.2. The van der Waals surface area contributed by atoms with Gasteiger partial charge in [-0.3, -0.25) is 0 Å². The highest BCUT2D eigenvalue weighted by atomic mass is 35.5. The van der Waals surface area contributed by atoms with Gasteiger partial charge in [0.2, 0.25) is 0 Å². The molecule has 2 aromatic carbocycles. The number of carbonyl (C=O) groups is 1. The zero-order valence-electron chi connectivity index (χ0n) is 14.0. The Morgan fingerprint density at radius 1 is 1.08 bits per heavy atom. The van der Waals surface area contributed by atoms with Gasteiger partial charge in [0.15, 0.2) is 0 Å². The number of benzene rings is 2. The van der Waals surface area contributed by atoms with Crippen LogP contribution in [0.15, 0.2) is 42.5 Å². The Morgan fingerprint density at radius 3 is 2.46 bits per heavy atom. The normalized spacial score (nSPS) is 10.2. The van der Waals surface area contributed by atoms with Gasteiger partial charge >= 0.3 is 6.03 Å². The molecule has 0 saturated heterocycles. The standard InChI is InChI=1S/C18H21ClN2O3/c1-21(12-13-6-4-5-7-16(13)23-2)18(22)20-11-14-10-15(19)8-9-17(14)24-3/h4-10H,11-12H2,1-3H3,(H,20,22). The van der Waals surface area contributed by atoms with Crippen LogP contribution in [0.3, 0.4) is 0 Å². The van der Waals surface area contributed by atoms with Gasteiger partial charge in [0.25, 0.3) is 0 Å². The second kappa shape index (κ2) is 8.45. The van der Waals surface area contributed by atoms with Gasteiger partial charge < -0.3 is 19.7 Å². The predicted molar refractivity (Wildman–Crippen MR) is 94.7 cm³/mol. The number of ether oxygens (including phenoxy) is 2. The monoisotopic (exact) mass is 348 g/mol. The summed E-state index contributed by atoms with van der Waals surface area (Å²) in [6.45, 7) is 0.779. The maximum absolute atomic E-state index is 12.3. The van der Waals surface area contributed by atoms with Gasteiger partial charge in [0.05, 0.1) is 20.8 Å². The first-order valence-electron chi connectivity index (χ1n) is 7.48. The average molecular weight is 349 g/mol. The number of urea groups is 1. The fourth-order valence-corrected chi connectivity index (χ4v) is 2.55. The lowest BCUT2D eigenvalue weighted by molar-refractivity contribution is 0.206. The lowest BCUT2D eigenvalue weighted by Gasteiger charge is -2.20. The zero-order chi connectivity index (χ0) is 17.5. The Balaban J connectivity index is 1.98. The van der Waals surface area contributed by atoms with Crippen molar-refractivity contribution in [1.82, 2.24) is 10.2 Å². The van der Waals surface area contributed by atoms with Crippen LogP contribution in [0.1, 0.15) is 11.1 Å². The molecule has 0 aromatic heterocycles. The summed E-state index contributed by atoms with van der Waals surface area (Å²) in [6, 6.07) is 12.7. The van der Waals surface area contributed by atoms with E-state index in [1.54, 1.807) is 44.4 Å². The van der Waals surface area contributed by atoms with Crippen LogP contribution in [-0.2, 0) is 13.1 Å². The van der Waals surface area contributed by atoms with E-state index in [1.807, 2.05) is 24.3 Å². The Hall–Kier alpha value is -2.40. The van der Waals surface area contributed by atoms with Crippen molar-refractivity contribution in [1.29, 1.82) is 0 Å². The molecule has 128 valence electrons. The van der Waals surface area contributed by atoms with Crippen LogP contribution in [0.25, 0.3) is 0 Å². The summed E-state index contributed by atoms with van der Waals surface area (Å²) in [5.74, 6) is 1.45. The number of carbonyl (C=O) groups excluding carboxylic acids is 1. The first-order valence-corrected chi connectivity index (χ1v) is 7.86. The molecule has 2 rings (SSSR count). The van der Waals surface area contributed by atoms with Crippen LogP contribution in [0, 0.1) is 0 Å². The third kappa shape index (κ3) is 4.55. The Kier molecular flexibility index (Phi) is 6.32. The molecule has 0 fully saturated rings. The molecule has 0 saturated carbocycles. The smallest absolute Gasteiger partial charge is 0.317 e. The molecule has 0 aliphatic rings. The molecule has 0 atom stereocenters. The van der Waals surface area contributed by atoms with Gasteiger partial charge in [-0.1, -0.05) is 29.8 Å². The minimum Gasteiger partial charge on any atom is -0.496 e. The summed E-state index contributed by atoms with van der Waals surface area (Å²) >= 11 is 6.00. The Bertz CT molecular complexity index is 706. The minimum atomic E-state index is -0.192. The van der Waals surface area contributed by atoms with E-state index < -0.39 is 0 Å². The van der Waals surface area contributed by atoms with E-state index in [2.05, 4.69) is 5.32 Å². The van der Waals surface area contributed by atoms with E-state index >= 15 is 0 Å². The van der Waals surface area contributed by atoms with Crippen LogP contribution in [-0.4, -0.2) is 32.2 Å². The highest BCUT2D eigenvalue weighted by molar-refractivity contribution is 6.30. The van der Waals surface area contributed by atoms with Gasteiger partial charge in [0, 0.05) is 29.7 Å². The quantitative estimate of drug-likeness (QED) is 0.866. The van der Waals surface area contributed by atoms with Crippen molar-refractivity contribution in [3.05, 3.63) is 58.6 Å². The molecule has 0 heterocycles. The Labute approximate surface area is 147 Å². The topological polar surface area (TPSA) is 50.8 Å². The van der Waals surface area contributed by atoms with Crippen molar-refractivity contribution in [2.75, 3.05) is 21.3 Å². The number of methoxy groups -OCH3 is 2. The van der Waals surface area contributed by atoms with Crippen molar-refractivity contribution < 1.29 is 14.3 Å². The van der Waals surface area contributed by atoms with Crippen molar-refractivity contribution in [2.24, 2.45) is 0 Å². The largest absolute Gasteiger partial charge is 0.496 e. The van der Waals surface area contributed by atoms with Crippen LogP contribution >= 0.6 is 11.6 Å². The van der Waals surface area contributed by atoms with Gasteiger partial charge in [-0.2, -0.15) is 0 Å². The summed E-state index contributed by atoms with van der Waals surface area (Å²) < 4.78 is 10.6. The summed E-state index contributed by atoms with van der Waals surface area (Å²) in [5.41, 5.74) is 1.77. The molecule has 2 amide bonds. The molecule has 6 heteroatoms. The average Bonchev–Trinajstić information content (AvgIpc) is 2.60. The van der Waals surface area contributed by atoms with Gasteiger partial charge in [-0.25, -0.2) is 4.79 Å². The molecule has 2 aromatic rings. The number of amides is 2. The fraction of sp³-hybridized carbons (Fsp3) is 0.278. The van der Waals surface area contributed by atoms with E-state index in [4.69, 9.17) is 21.1 Å². The first kappa shape index (κ1) is 17.9. The van der Waals surface area contributed by atoms with E-state index in [9.17, 15) is 4.79 Å². The Morgan fingerprint density at radius 2 is 1.75 bits per heavy atom. The molecule has 5 nitrogen and oxygen atoms in total. The first-order chi connectivity index (χ1) is 11.5. The SMILES string of the molecule is COc1ccc(Cl)cc1CNC(=O)N(C)Cc1ccccc1OC. The molecule has 1 N–H and O–H groups in total. The maximum Gasteiger partial charge on any atom is 0.317 e. The molecule has 0 aliphatic heterocycles. The number of para-hydroxylation sites is 1. The molecule has 0 unspecified atom stereocenters. The zero-order valence-corrected chi connectivity index (χ0v) is 14.8. The van der Waals surface area contributed by atoms with E-state index in [0.717, 1.165) is 16.9 Å². The highest BCUT2D eigenvalue weighted by Crippen LogP contribution is 2.22. The van der Waals surface area contributed by atoms with Crippen molar-refractivity contribution >= 4 is 17.6 Å². The predicted octanol–water partition coefficient (Wildman–Crippen LogP) is 3.70. The molecule has 24 heavy (non-hydrogen) atoms. The van der Waals surface area contributed by atoms with E-state index in [0.29, 0.717) is 23.9 Å². The van der Waals surface area contributed by atoms with Gasteiger partial charge in [-0.15, -0.1) is 0 Å². The summed E-state index contributed by atoms with van der Waals surface area (Å²) in [4.78, 5) is 13.9. The molecule has 0 radical (unpaired) electrons. The van der Waals surface area contributed by atoms with Crippen LogP contribution in [0.5, 0.6) is 11.5 Å². The third-order valence-corrected chi connectivity index (χ3v) is 3.85. The summed E-state index contributed by atoms with van der Waals surface area (Å²) in [7, 11) is 4.93.